The Kier molecular flexibility index (Phi) is 7.27. The van der Waals surface area contributed by atoms with Crippen LogP contribution in [0.2, 0.25) is 0 Å². The van der Waals surface area contributed by atoms with Crippen LogP contribution in [-0.4, -0.2) is 55.7 Å². The van der Waals surface area contributed by atoms with Crippen molar-refractivity contribution in [3.63, 3.8) is 0 Å². The topological polar surface area (TPSA) is 68.7 Å². The number of guanidine groups is 1. The molecule has 1 fully saturated rings. The highest BCUT2D eigenvalue weighted by Gasteiger charge is 2.21. The molecule has 0 aliphatic carbocycles. The van der Waals surface area contributed by atoms with E-state index < -0.39 is 0 Å². The van der Waals surface area contributed by atoms with Crippen molar-refractivity contribution in [1.29, 1.82) is 0 Å². The number of rotatable bonds is 6. The van der Waals surface area contributed by atoms with Crippen LogP contribution in [0, 0.1) is 6.92 Å². The number of nitrogens with zero attached hydrogens (tertiary/aromatic N) is 5. The summed E-state index contributed by atoms with van der Waals surface area (Å²) in [5.74, 6) is 2.90. The number of fused-ring (bicyclic) bond motifs is 1. The van der Waals surface area contributed by atoms with Gasteiger partial charge in [-0.25, -0.2) is 15.0 Å². The van der Waals surface area contributed by atoms with Gasteiger partial charge in [0.1, 0.15) is 11.6 Å². The van der Waals surface area contributed by atoms with E-state index in [1.165, 1.54) is 5.56 Å². The highest BCUT2D eigenvalue weighted by molar-refractivity contribution is 5.85. The lowest BCUT2D eigenvalue weighted by atomic mass is 10.1. The molecule has 174 valence electrons. The van der Waals surface area contributed by atoms with Gasteiger partial charge in [0.2, 0.25) is 0 Å². The van der Waals surface area contributed by atoms with E-state index in [0.29, 0.717) is 12.6 Å². The minimum Gasteiger partial charge on any atom is -0.363 e. The average Bonchev–Trinajstić information content (AvgIpc) is 2.82. The second-order valence-corrected chi connectivity index (χ2v) is 8.79. The normalized spacial score (nSPS) is 15.0. The first-order valence-electron chi connectivity index (χ1n) is 11.8. The molecule has 7 nitrogen and oxygen atoms in total. The Morgan fingerprint density at radius 2 is 1.88 bits per heavy atom. The van der Waals surface area contributed by atoms with Crippen molar-refractivity contribution in [2.75, 3.05) is 43.5 Å². The number of nitrogens with one attached hydrogen (secondary N) is 2. The van der Waals surface area contributed by atoms with Gasteiger partial charge in [0.05, 0.1) is 12.1 Å². The molecule has 7 heteroatoms. The van der Waals surface area contributed by atoms with E-state index >= 15 is 0 Å². The molecule has 3 aromatic rings. The number of aliphatic imine (C=N–C) groups is 1. The Labute approximate surface area is 196 Å². The molecule has 2 aromatic heterocycles. The van der Waals surface area contributed by atoms with Crippen molar-refractivity contribution in [3.8, 4) is 0 Å². The number of hydrogen-bond donors (Lipinski definition) is 2. The fraction of sp³-hybridized carbons (Fsp3) is 0.423. The second kappa shape index (κ2) is 10.5. The van der Waals surface area contributed by atoms with E-state index in [0.717, 1.165) is 66.7 Å². The van der Waals surface area contributed by atoms with Crippen LogP contribution in [0.15, 0.2) is 53.5 Å². The summed E-state index contributed by atoms with van der Waals surface area (Å²) in [6.07, 6.45) is 2.12. The number of hydrogen-bond acceptors (Lipinski definition) is 5. The minimum atomic E-state index is 0.398. The van der Waals surface area contributed by atoms with E-state index in [9.17, 15) is 0 Å². The Morgan fingerprint density at radius 3 is 2.61 bits per heavy atom. The van der Waals surface area contributed by atoms with E-state index in [-0.39, 0.29) is 0 Å². The van der Waals surface area contributed by atoms with Gasteiger partial charge in [-0.15, -0.1) is 0 Å². The predicted octanol–water partition coefficient (Wildman–Crippen LogP) is 3.73. The van der Waals surface area contributed by atoms with Crippen molar-refractivity contribution in [2.24, 2.45) is 4.99 Å². The lowest BCUT2D eigenvalue weighted by molar-refractivity contribution is 0.459. The van der Waals surface area contributed by atoms with Crippen molar-refractivity contribution < 1.29 is 0 Å². The second-order valence-electron chi connectivity index (χ2n) is 8.79. The highest BCUT2D eigenvalue weighted by atomic mass is 15.2. The number of pyridine rings is 2. The smallest absolute Gasteiger partial charge is 0.191 e. The van der Waals surface area contributed by atoms with Crippen LogP contribution in [0.25, 0.3) is 10.9 Å². The third-order valence-corrected chi connectivity index (χ3v) is 6.03. The number of anilines is 2. The first-order valence-corrected chi connectivity index (χ1v) is 11.8. The van der Waals surface area contributed by atoms with Gasteiger partial charge < -0.3 is 20.4 Å². The van der Waals surface area contributed by atoms with Gasteiger partial charge in [0.25, 0.3) is 0 Å². The first-order chi connectivity index (χ1) is 16.0. The van der Waals surface area contributed by atoms with Crippen LogP contribution in [0.5, 0.6) is 0 Å². The molecule has 1 aromatic carbocycles. The zero-order valence-corrected chi connectivity index (χ0v) is 20.2. The molecule has 0 spiro atoms. The molecule has 3 heterocycles. The van der Waals surface area contributed by atoms with Gasteiger partial charge in [-0.3, -0.25) is 0 Å². The molecule has 1 saturated heterocycles. The van der Waals surface area contributed by atoms with Gasteiger partial charge >= 0.3 is 0 Å². The van der Waals surface area contributed by atoms with E-state index in [2.05, 4.69) is 63.8 Å². The standard InChI is InChI=1S/C26H35N7/c1-5-27-26(30-21-13-15-33(16-14-21)24-12-8-9-19(2)29-24)28-18-20-17-25(32(3)4)31-23-11-7-6-10-22(20)23/h6-12,17,21H,5,13-16,18H2,1-4H3,(H2,27,28,30). The van der Waals surface area contributed by atoms with E-state index in [1.54, 1.807) is 0 Å². The summed E-state index contributed by atoms with van der Waals surface area (Å²) in [7, 11) is 4.04. The minimum absolute atomic E-state index is 0.398. The van der Waals surface area contributed by atoms with Crippen molar-refractivity contribution >= 4 is 28.5 Å². The molecule has 0 unspecified atom stereocenters. The maximum Gasteiger partial charge on any atom is 0.191 e. The lowest BCUT2D eigenvalue weighted by Crippen LogP contribution is -2.48. The quantitative estimate of drug-likeness (QED) is 0.445. The molecule has 33 heavy (non-hydrogen) atoms. The van der Waals surface area contributed by atoms with Crippen LogP contribution in [0.3, 0.4) is 0 Å². The van der Waals surface area contributed by atoms with Crippen molar-refractivity contribution in [1.82, 2.24) is 20.6 Å². The monoisotopic (exact) mass is 445 g/mol. The van der Waals surface area contributed by atoms with Gasteiger partial charge in [-0.05, 0) is 56.5 Å². The molecule has 0 amide bonds. The summed E-state index contributed by atoms with van der Waals surface area (Å²) in [6, 6.07) is 17.1. The van der Waals surface area contributed by atoms with Gasteiger partial charge in [-0.1, -0.05) is 24.3 Å². The van der Waals surface area contributed by atoms with Crippen molar-refractivity contribution in [2.45, 2.75) is 39.3 Å². The maximum absolute atomic E-state index is 4.94. The summed E-state index contributed by atoms with van der Waals surface area (Å²) < 4.78 is 0. The molecule has 1 aliphatic heterocycles. The summed E-state index contributed by atoms with van der Waals surface area (Å²) in [5.41, 5.74) is 3.25. The molecule has 0 bridgehead atoms. The van der Waals surface area contributed by atoms with Crippen LogP contribution in [0.1, 0.15) is 31.0 Å². The van der Waals surface area contributed by atoms with Gasteiger partial charge in [-0.2, -0.15) is 0 Å². The number of para-hydroxylation sites is 1. The van der Waals surface area contributed by atoms with Crippen LogP contribution in [-0.2, 0) is 6.54 Å². The SMILES string of the molecule is CCNC(=NCc1cc(N(C)C)nc2ccccc12)NC1CCN(c2cccc(C)n2)CC1. The third kappa shape index (κ3) is 5.72. The molecule has 1 aliphatic rings. The van der Waals surface area contributed by atoms with E-state index in [1.807, 2.05) is 38.1 Å². The van der Waals surface area contributed by atoms with Crippen LogP contribution < -0.4 is 20.4 Å². The van der Waals surface area contributed by atoms with Gasteiger partial charge in [0, 0.05) is 50.9 Å². The Balaban J connectivity index is 1.45. The summed E-state index contributed by atoms with van der Waals surface area (Å²) in [4.78, 5) is 18.8. The number of benzene rings is 1. The number of piperidine rings is 1. The van der Waals surface area contributed by atoms with Crippen LogP contribution in [0.4, 0.5) is 11.6 Å². The molecular formula is C26H35N7. The predicted molar refractivity (Wildman–Crippen MR) is 138 cm³/mol. The highest BCUT2D eigenvalue weighted by Crippen LogP contribution is 2.23. The molecular weight excluding hydrogens is 410 g/mol. The van der Waals surface area contributed by atoms with Crippen molar-refractivity contribution in [3.05, 3.63) is 59.8 Å². The molecule has 4 rings (SSSR count). The third-order valence-electron chi connectivity index (χ3n) is 6.03. The van der Waals surface area contributed by atoms with E-state index in [4.69, 9.17) is 9.98 Å². The maximum atomic E-state index is 4.94. The van der Waals surface area contributed by atoms with Crippen LogP contribution >= 0.6 is 0 Å². The summed E-state index contributed by atoms with van der Waals surface area (Å²) in [5, 5.41) is 8.24. The largest absolute Gasteiger partial charge is 0.363 e. The zero-order chi connectivity index (χ0) is 23.2. The zero-order valence-electron chi connectivity index (χ0n) is 20.2. The molecule has 0 radical (unpaired) electrons. The summed E-state index contributed by atoms with van der Waals surface area (Å²) >= 11 is 0. The Bertz CT molecular complexity index is 1100. The number of aryl methyl sites for hydroxylation is 1. The number of aromatic nitrogens is 2. The lowest BCUT2D eigenvalue weighted by Gasteiger charge is -2.34. The molecule has 2 N–H and O–H groups in total. The fourth-order valence-corrected chi connectivity index (χ4v) is 4.23. The average molecular weight is 446 g/mol. The van der Waals surface area contributed by atoms with Gasteiger partial charge in [0.15, 0.2) is 5.96 Å². The Hall–Kier alpha value is -3.35. The molecule has 0 saturated carbocycles. The fourth-order valence-electron chi connectivity index (χ4n) is 4.23. The first kappa shape index (κ1) is 22.8. The summed E-state index contributed by atoms with van der Waals surface area (Å²) in [6.45, 7) is 7.58. The Morgan fingerprint density at radius 1 is 1.09 bits per heavy atom. The molecule has 0 atom stereocenters.